The molecule has 0 saturated heterocycles. The van der Waals surface area contributed by atoms with Crippen molar-refractivity contribution in [2.45, 2.75) is 6.18 Å². The number of halogens is 4. The van der Waals surface area contributed by atoms with Crippen LogP contribution in [0.2, 0.25) is 0 Å². The summed E-state index contributed by atoms with van der Waals surface area (Å²) in [7, 11) is 0. The van der Waals surface area contributed by atoms with E-state index in [4.69, 9.17) is 4.74 Å². The zero-order chi connectivity index (χ0) is 19.2. The number of nitrogens with one attached hydrogen (secondary N) is 1. The molecule has 0 bridgehead atoms. The Morgan fingerprint density at radius 2 is 2.04 bits per heavy atom. The minimum absolute atomic E-state index is 0.125. The summed E-state index contributed by atoms with van der Waals surface area (Å²) in [4.78, 5) is 11.9. The van der Waals surface area contributed by atoms with Gasteiger partial charge in [-0.2, -0.15) is 18.3 Å². The van der Waals surface area contributed by atoms with Gasteiger partial charge in [0.15, 0.2) is 0 Å². The number of nitrogens with zero attached hydrogens (tertiary/aromatic N) is 1. The second-order valence-corrected chi connectivity index (χ2v) is 6.23. The first-order valence-corrected chi connectivity index (χ1v) is 8.43. The van der Waals surface area contributed by atoms with Gasteiger partial charge in [0.2, 0.25) is 0 Å². The maximum absolute atomic E-state index is 12.7. The Kier molecular flexibility index (Phi) is 6.78. The molecule has 0 fully saturated rings. The van der Waals surface area contributed by atoms with Crippen LogP contribution >= 0.6 is 22.6 Å². The number of ether oxygens (including phenoxy) is 1. The van der Waals surface area contributed by atoms with E-state index < -0.39 is 17.6 Å². The topological polar surface area (TPSA) is 50.7 Å². The van der Waals surface area contributed by atoms with E-state index in [1.54, 1.807) is 24.3 Å². The van der Waals surface area contributed by atoms with Gasteiger partial charge in [0.1, 0.15) is 12.4 Å². The second kappa shape index (κ2) is 8.84. The third-order valence-electron chi connectivity index (χ3n) is 3.14. The van der Waals surface area contributed by atoms with E-state index in [0.29, 0.717) is 17.9 Å². The minimum Gasteiger partial charge on any atom is -0.488 e. The van der Waals surface area contributed by atoms with Gasteiger partial charge in [-0.25, -0.2) is 5.43 Å². The Balaban J connectivity index is 2.03. The highest BCUT2D eigenvalue weighted by molar-refractivity contribution is 14.1. The number of hydrogen-bond donors (Lipinski definition) is 1. The van der Waals surface area contributed by atoms with Crippen molar-refractivity contribution in [3.63, 3.8) is 0 Å². The summed E-state index contributed by atoms with van der Waals surface area (Å²) in [6.45, 7) is 3.96. The fourth-order valence-electron chi connectivity index (χ4n) is 1.93. The third-order valence-corrected chi connectivity index (χ3v) is 3.99. The van der Waals surface area contributed by atoms with Crippen molar-refractivity contribution in [2.75, 3.05) is 6.61 Å². The minimum atomic E-state index is -4.51. The van der Waals surface area contributed by atoms with Gasteiger partial charge in [-0.1, -0.05) is 18.7 Å². The van der Waals surface area contributed by atoms with E-state index in [2.05, 4.69) is 39.7 Å². The van der Waals surface area contributed by atoms with Crippen molar-refractivity contribution in [2.24, 2.45) is 5.10 Å². The molecule has 0 spiro atoms. The van der Waals surface area contributed by atoms with Crippen LogP contribution in [0.1, 0.15) is 21.5 Å². The lowest BCUT2D eigenvalue weighted by Gasteiger charge is -2.08. The van der Waals surface area contributed by atoms with Gasteiger partial charge in [-0.15, -0.1) is 0 Å². The first-order chi connectivity index (χ1) is 12.3. The highest BCUT2D eigenvalue weighted by Crippen LogP contribution is 2.29. The predicted octanol–water partition coefficient (Wildman–Crippen LogP) is 4.64. The number of hydrogen-bond acceptors (Lipinski definition) is 3. The molecule has 136 valence electrons. The van der Waals surface area contributed by atoms with Crippen molar-refractivity contribution < 1.29 is 22.7 Å². The first-order valence-electron chi connectivity index (χ1n) is 7.35. The van der Waals surface area contributed by atoms with Gasteiger partial charge in [0, 0.05) is 5.56 Å². The molecule has 0 aliphatic carbocycles. The molecule has 0 unspecified atom stereocenters. The molecular weight excluding hydrogens is 460 g/mol. The Morgan fingerprint density at radius 1 is 1.27 bits per heavy atom. The number of hydrazone groups is 1. The van der Waals surface area contributed by atoms with E-state index in [-0.39, 0.29) is 5.56 Å². The van der Waals surface area contributed by atoms with E-state index in [1.807, 2.05) is 0 Å². The van der Waals surface area contributed by atoms with E-state index >= 15 is 0 Å². The molecule has 2 rings (SSSR count). The highest BCUT2D eigenvalue weighted by atomic mass is 127. The summed E-state index contributed by atoms with van der Waals surface area (Å²) >= 11 is 2.10. The van der Waals surface area contributed by atoms with Gasteiger partial charge >= 0.3 is 6.18 Å². The maximum Gasteiger partial charge on any atom is 0.416 e. The summed E-state index contributed by atoms with van der Waals surface area (Å²) in [5, 5.41) is 3.78. The number of carbonyl (C=O) groups excluding carboxylic acids is 1. The smallest absolute Gasteiger partial charge is 0.416 e. The lowest BCUT2D eigenvalue weighted by atomic mass is 10.1. The Bertz CT molecular complexity index is 835. The monoisotopic (exact) mass is 474 g/mol. The molecule has 4 nitrogen and oxygen atoms in total. The van der Waals surface area contributed by atoms with Crippen molar-refractivity contribution in [3.8, 4) is 5.75 Å². The largest absolute Gasteiger partial charge is 0.488 e. The number of benzene rings is 2. The molecule has 2 aromatic rings. The van der Waals surface area contributed by atoms with Crippen LogP contribution in [0, 0.1) is 3.57 Å². The van der Waals surface area contributed by atoms with Crippen molar-refractivity contribution in [3.05, 3.63) is 75.4 Å². The van der Waals surface area contributed by atoms with Crippen LogP contribution in [-0.4, -0.2) is 18.7 Å². The van der Waals surface area contributed by atoms with Crippen LogP contribution in [0.4, 0.5) is 13.2 Å². The SMILES string of the molecule is C=CCOc1ccc(/C=N\NC(=O)c2cccc(C(F)(F)F)c2)cc1I. The van der Waals surface area contributed by atoms with E-state index in [1.165, 1.54) is 18.3 Å². The number of alkyl halides is 3. The van der Waals surface area contributed by atoms with Gasteiger partial charge < -0.3 is 4.74 Å². The molecule has 0 aliphatic rings. The fourth-order valence-corrected chi connectivity index (χ4v) is 2.62. The molecule has 0 aromatic heterocycles. The third kappa shape index (κ3) is 5.58. The lowest BCUT2D eigenvalue weighted by Crippen LogP contribution is -2.18. The average Bonchev–Trinajstić information content (AvgIpc) is 2.60. The Hall–Kier alpha value is -2.36. The molecule has 26 heavy (non-hydrogen) atoms. The maximum atomic E-state index is 12.7. The van der Waals surface area contributed by atoms with Crippen LogP contribution in [0.5, 0.6) is 5.75 Å². The molecule has 0 atom stereocenters. The second-order valence-electron chi connectivity index (χ2n) is 5.07. The summed E-state index contributed by atoms with van der Waals surface area (Å²) < 4.78 is 44.3. The van der Waals surface area contributed by atoms with E-state index in [9.17, 15) is 18.0 Å². The van der Waals surface area contributed by atoms with Gasteiger partial charge in [-0.05, 0) is 64.6 Å². The number of carbonyl (C=O) groups is 1. The molecule has 8 heteroatoms. The summed E-state index contributed by atoms with van der Waals surface area (Å²) in [6.07, 6.45) is -1.48. The van der Waals surface area contributed by atoms with Crippen LogP contribution < -0.4 is 10.2 Å². The molecule has 2 aromatic carbocycles. The summed E-state index contributed by atoms with van der Waals surface area (Å²) in [6, 6.07) is 9.42. The normalized spacial score (nSPS) is 11.4. The molecule has 0 saturated carbocycles. The van der Waals surface area contributed by atoms with Gasteiger partial charge in [0.05, 0.1) is 15.3 Å². The van der Waals surface area contributed by atoms with Crippen molar-refractivity contribution in [1.82, 2.24) is 5.43 Å². The predicted molar refractivity (Wildman–Crippen MR) is 101 cm³/mol. The first kappa shape index (κ1) is 20.0. The van der Waals surface area contributed by atoms with Crippen LogP contribution in [-0.2, 0) is 6.18 Å². The standard InChI is InChI=1S/C18H14F3IN2O2/c1-2-8-26-16-7-6-12(9-15(16)22)11-23-24-17(25)13-4-3-5-14(10-13)18(19,20)21/h2-7,9-11H,1,8H2,(H,24,25)/b23-11-. The zero-order valence-electron chi connectivity index (χ0n) is 13.4. The fraction of sp³-hybridized carbons (Fsp3) is 0.111. The summed E-state index contributed by atoms with van der Waals surface area (Å²) in [5.74, 6) is -0.0383. The van der Waals surface area contributed by atoms with E-state index in [0.717, 1.165) is 15.7 Å². The number of amides is 1. The van der Waals surface area contributed by atoms with Crippen molar-refractivity contribution in [1.29, 1.82) is 0 Å². The average molecular weight is 474 g/mol. The highest BCUT2D eigenvalue weighted by Gasteiger charge is 2.30. The summed E-state index contributed by atoms with van der Waals surface area (Å²) in [5.41, 5.74) is 1.89. The number of rotatable bonds is 6. The molecule has 1 N–H and O–H groups in total. The lowest BCUT2D eigenvalue weighted by molar-refractivity contribution is -0.137. The van der Waals surface area contributed by atoms with Crippen molar-refractivity contribution >= 4 is 34.7 Å². The quantitative estimate of drug-likeness (QED) is 0.287. The molecule has 0 heterocycles. The zero-order valence-corrected chi connectivity index (χ0v) is 15.5. The molecular formula is C18H14F3IN2O2. The van der Waals surface area contributed by atoms with Crippen LogP contribution in [0.25, 0.3) is 0 Å². The van der Waals surface area contributed by atoms with Crippen LogP contribution in [0.15, 0.2) is 60.2 Å². The molecule has 0 radical (unpaired) electrons. The Morgan fingerprint density at radius 3 is 2.69 bits per heavy atom. The van der Waals surface area contributed by atoms with Gasteiger partial charge in [-0.3, -0.25) is 4.79 Å². The van der Waals surface area contributed by atoms with Crippen LogP contribution in [0.3, 0.4) is 0 Å². The Labute approximate surface area is 161 Å². The molecule has 0 aliphatic heterocycles. The molecule has 1 amide bonds. The van der Waals surface area contributed by atoms with Gasteiger partial charge in [0.25, 0.3) is 5.91 Å².